The molecule has 2 N–H and O–H groups in total. The molecular formula is C25H26N2O2S. The van der Waals surface area contributed by atoms with Gasteiger partial charge in [-0.2, -0.15) is 0 Å². The normalized spacial score (nSPS) is 10.4. The largest absolute Gasteiger partial charge is 0.352 e. The average Bonchev–Trinajstić information content (AvgIpc) is 2.76. The number of rotatable bonds is 9. The molecule has 0 spiro atoms. The van der Waals surface area contributed by atoms with Gasteiger partial charge in [-0.15, -0.1) is 11.8 Å². The Hall–Kier alpha value is -3.05. The summed E-state index contributed by atoms with van der Waals surface area (Å²) >= 11 is 1.55. The van der Waals surface area contributed by atoms with E-state index < -0.39 is 0 Å². The number of hydrogen-bond acceptors (Lipinski definition) is 3. The second-order valence-electron chi connectivity index (χ2n) is 7.06. The summed E-state index contributed by atoms with van der Waals surface area (Å²) in [6.07, 6.45) is 0.761. The molecule has 0 saturated heterocycles. The predicted octanol–water partition coefficient (Wildman–Crippen LogP) is 4.84. The lowest BCUT2D eigenvalue weighted by Crippen LogP contribution is -2.27. The van der Waals surface area contributed by atoms with Crippen molar-refractivity contribution in [1.29, 1.82) is 0 Å². The maximum atomic E-state index is 12.6. The zero-order chi connectivity index (χ0) is 21.2. The summed E-state index contributed by atoms with van der Waals surface area (Å²) in [7, 11) is 0. The Morgan fingerprint density at radius 3 is 2.30 bits per heavy atom. The Balaban J connectivity index is 1.49. The van der Waals surface area contributed by atoms with Crippen LogP contribution in [0.3, 0.4) is 0 Å². The van der Waals surface area contributed by atoms with E-state index in [9.17, 15) is 9.59 Å². The first kappa shape index (κ1) is 21.7. The predicted molar refractivity (Wildman–Crippen MR) is 125 cm³/mol. The molecular weight excluding hydrogens is 392 g/mol. The molecule has 0 heterocycles. The fourth-order valence-corrected chi connectivity index (χ4v) is 3.77. The lowest BCUT2D eigenvalue weighted by molar-refractivity contribution is -0.113. The van der Waals surface area contributed by atoms with Crippen molar-refractivity contribution >= 4 is 29.3 Å². The summed E-state index contributed by atoms with van der Waals surface area (Å²) in [6.45, 7) is 2.59. The standard InChI is InChI=1S/C25H26N2O2S/c1-19-11-13-21(14-12-19)17-30-18-24(28)27-23-10-6-5-9-22(23)25(29)26-16-15-20-7-3-2-4-8-20/h2-14H,15-18H2,1H3,(H,26,29)(H,27,28). The number of thioether (sulfide) groups is 1. The highest BCUT2D eigenvalue weighted by molar-refractivity contribution is 7.99. The maximum absolute atomic E-state index is 12.6. The van der Waals surface area contributed by atoms with Gasteiger partial charge < -0.3 is 10.6 Å². The molecule has 0 bridgehead atoms. The van der Waals surface area contributed by atoms with Gasteiger partial charge in [0.05, 0.1) is 17.0 Å². The van der Waals surface area contributed by atoms with Crippen molar-refractivity contribution in [2.24, 2.45) is 0 Å². The van der Waals surface area contributed by atoms with Crippen LogP contribution >= 0.6 is 11.8 Å². The van der Waals surface area contributed by atoms with Crippen molar-refractivity contribution in [2.45, 2.75) is 19.1 Å². The Morgan fingerprint density at radius 1 is 0.833 bits per heavy atom. The van der Waals surface area contributed by atoms with Crippen molar-refractivity contribution in [3.05, 3.63) is 101 Å². The topological polar surface area (TPSA) is 58.2 Å². The Labute approximate surface area is 182 Å². The van der Waals surface area contributed by atoms with Gasteiger partial charge in [-0.3, -0.25) is 9.59 Å². The summed E-state index contributed by atoms with van der Waals surface area (Å²) in [5, 5.41) is 5.81. The Morgan fingerprint density at radius 2 is 1.53 bits per heavy atom. The molecule has 4 nitrogen and oxygen atoms in total. The number of hydrogen-bond donors (Lipinski definition) is 2. The smallest absolute Gasteiger partial charge is 0.253 e. The zero-order valence-corrected chi connectivity index (χ0v) is 17.9. The van der Waals surface area contributed by atoms with Gasteiger partial charge in [0.1, 0.15) is 0 Å². The van der Waals surface area contributed by atoms with Gasteiger partial charge in [0.2, 0.25) is 5.91 Å². The Bertz CT molecular complexity index is 972. The van der Waals surface area contributed by atoms with Crippen LogP contribution in [-0.4, -0.2) is 24.1 Å². The van der Waals surface area contributed by atoms with E-state index in [2.05, 4.69) is 41.8 Å². The molecule has 0 aromatic heterocycles. The van der Waals surface area contributed by atoms with Crippen LogP contribution in [-0.2, 0) is 17.0 Å². The summed E-state index contributed by atoms with van der Waals surface area (Å²) in [4.78, 5) is 25.0. The van der Waals surface area contributed by atoms with Crippen molar-refractivity contribution in [2.75, 3.05) is 17.6 Å². The lowest BCUT2D eigenvalue weighted by atomic mass is 10.1. The third kappa shape index (κ3) is 6.78. The molecule has 3 aromatic carbocycles. The van der Waals surface area contributed by atoms with Gasteiger partial charge in [0.25, 0.3) is 5.91 Å². The SMILES string of the molecule is Cc1ccc(CSCC(=O)Nc2ccccc2C(=O)NCCc2ccccc2)cc1. The van der Waals surface area contributed by atoms with Crippen LogP contribution in [0.5, 0.6) is 0 Å². The summed E-state index contributed by atoms with van der Waals surface area (Å²) in [5.74, 6) is 0.804. The number of para-hydroxylation sites is 1. The van der Waals surface area contributed by atoms with Gasteiger partial charge in [-0.05, 0) is 36.6 Å². The molecule has 0 unspecified atom stereocenters. The van der Waals surface area contributed by atoms with Gasteiger partial charge in [-0.1, -0.05) is 72.3 Å². The minimum absolute atomic E-state index is 0.114. The average molecular weight is 419 g/mol. The molecule has 0 fully saturated rings. The number of carbonyl (C=O) groups is 2. The Kier molecular flexibility index (Phi) is 8.10. The second kappa shape index (κ2) is 11.2. The van der Waals surface area contributed by atoms with Crippen molar-refractivity contribution < 1.29 is 9.59 Å². The van der Waals surface area contributed by atoms with Gasteiger partial charge in [0, 0.05) is 12.3 Å². The third-order valence-corrected chi connectivity index (χ3v) is 5.61. The van der Waals surface area contributed by atoms with Crippen LogP contribution < -0.4 is 10.6 Å². The molecule has 2 amide bonds. The number of nitrogens with one attached hydrogen (secondary N) is 2. The maximum Gasteiger partial charge on any atom is 0.253 e. The minimum atomic E-state index is -0.186. The molecule has 0 aliphatic carbocycles. The van der Waals surface area contributed by atoms with Gasteiger partial charge in [-0.25, -0.2) is 0 Å². The monoisotopic (exact) mass is 418 g/mol. The van der Waals surface area contributed by atoms with E-state index >= 15 is 0 Å². The number of anilines is 1. The molecule has 0 saturated carbocycles. The molecule has 0 atom stereocenters. The first-order valence-electron chi connectivity index (χ1n) is 9.96. The highest BCUT2D eigenvalue weighted by atomic mass is 32.2. The van der Waals surface area contributed by atoms with Crippen LogP contribution in [0.1, 0.15) is 27.0 Å². The quantitative estimate of drug-likeness (QED) is 0.523. The van der Waals surface area contributed by atoms with Gasteiger partial charge >= 0.3 is 0 Å². The van der Waals surface area contributed by atoms with E-state index in [0.717, 1.165) is 12.2 Å². The first-order chi connectivity index (χ1) is 14.6. The minimum Gasteiger partial charge on any atom is -0.352 e. The molecule has 30 heavy (non-hydrogen) atoms. The molecule has 154 valence electrons. The fourth-order valence-electron chi connectivity index (χ4n) is 2.98. The first-order valence-corrected chi connectivity index (χ1v) is 11.1. The molecule has 3 rings (SSSR count). The van der Waals surface area contributed by atoms with Crippen molar-refractivity contribution in [3.8, 4) is 0 Å². The van der Waals surface area contributed by atoms with Gasteiger partial charge in [0.15, 0.2) is 0 Å². The molecule has 5 heteroatoms. The summed E-state index contributed by atoms with van der Waals surface area (Å²) < 4.78 is 0. The van der Waals surface area contributed by atoms with Crippen LogP contribution in [0.15, 0.2) is 78.9 Å². The van der Waals surface area contributed by atoms with Crippen molar-refractivity contribution in [1.82, 2.24) is 5.32 Å². The molecule has 0 aliphatic heterocycles. The molecule has 0 radical (unpaired) electrons. The highest BCUT2D eigenvalue weighted by Gasteiger charge is 2.13. The summed E-state index contributed by atoms with van der Waals surface area (Å²) in [6, 6.07) is 25.4. The number of amides is 2. The third-order valence-electron chi connectivity index (χ3n) is 4.61. The zero-order valence-electron chi connectivity index (χ0n) is 17.1. The van der Waals surface area contributed by atoms with E-state index in [1.807, 2.05) is 36.4 Å². The summed E-state index contributed by atoms with van der Waals surface area (Å²) in [5.41, 5.74) is 4.60. The molecule has 3 aromatic rings. The molecule has 0 aliphatic rings. The van der Waals surface area contributed by atoms with E-state index in [1.54, 1.807) is 30.0 Å². The second-order valence-corrected chi connectivity index (χ2v) is 8.05. The van der Waals surface area contributed by atoms with Crippen LogP contribution in [0.25, 0.3) is 0 Å². The number of benzene rings is 3. The van der Waals surface area contributed by atoms with Crippen LogP contribution in [0.4, 0.5) is 5.69 Å². The van der Waals surface area contributed by atoms with E-state index in [0.29, 0.717) is 23.5 Å². The van der Waals surface area contributed by atoms with Crippen molar-refractivity contribution in [3.63, 3.8) is 0 Å². The van der Waals surface area contributed by atoms with Crippen LogP contribution in [0, 0.1) is 6.92 Å². The highest BCUT2D eigenvalue weighted by Crippen LogP contribution is 2.17. The number of aryl methyl sites for hydroxylation is 1. The lowest BCUT2D eigenvalue weighted by Gasteiger charge is -2.11. The number of carbonyl (C=O) groups excluding carboxylic acids is 2. The fraction of sp³-hybridized carbons (Fsp3) is 0.200. The van der Waals surface area contributed by atoms with E-state index in [-0.39, 0.29) is 11.8 Å². The van der Waals surface area contributed by atoms with Crippen LogP contribution in [0.2, 0.25) is 0 Å². The van der Waals surface area contributed by atoms with E-state index in [1.165, 1.54) is 16.7 Å². The van der Waals surface area contributed by atoms with E-state index in [4.69, 9.17) is 0 Å².